The van der Waals surface area contributed by atoms with Crippen molar-refractivity contribution in [3.8, 4) is 0 Å². The molecule has 2 N–H and O–H groups in total. The molecule has 0 aromatic carbocycles. The van der Waals surface area contributed by atoms with Gasteiger partial charge in [-0.2, -0.15) is 0 Å². The maximum Gasteiger partial charge on any atom is 0.220 e. The van der Waals surface area contributed by atoms with Gasteiger partial charge in [0, 0.05) is 36.6 Å². The van der Waals surface area contributed by atoms with Crippen molar-refractivity contribution >= 4 is 5.91 Å². The predicted molar refractivity (Wildman–Crippen MR) is 90.1 cm³/mol. The van der Waals surface area contributed by atoms with Gasteiger partial charge in [0.15, 0.2) is 0 Å². The normalized spacial score (nSPS) is 41.0. The van der Waals surface area contributed by atoms with E-state index in [1.54, 1.807) is 0 Å². The third kappa shape index (κ3) is 2.93. The maximum absolute atomic E-state index is 12.6. The van der Waals surface area contributed by atoms with E-state index in [9.17, 15) is 4.79 Å². The highest BCUT2D eigenvalue weighted by atomic mass is 16.5. The van der Waals surface area contributed by atoms with E-state index >= 15 is 0 Å². The number of rotatable bonds is 5. The highest BCUT2D eigenvalue weighted by Gasteiger charge is 2.57. The topological polar surface area (TPSA) is 50.4 Å². The molecule has 2 saturated heterocycles. The number of nitrogens with one attached hydrogen (secondary N) is 2. The lowest BCUT2D eigenvalue weighted by molar-refractivity contribution is -0.144. The number of piperidine rings is 1. The smallest absolute Gasteiger partial charge is 0.220 e. The lowest BCUT2D eigenvalue weighted by Crippen LogP contribution is -2.63. The molecule has 1 spiro atoms. The number of carbonyl (C=O) groups excluding carboxylic acids is 1. The monoisotopic (exact) mass is 320 g/mol. The molecule has 2 aliphatic carbocycles. The van der Waals surface area contributed by atoms with Crippen LogP contribution in [0.15, 0.2) is 0 Å². The fourth-order valence-electron chi connectivity index (χ4n) is 5.95. The van der Waals surface area contributed by atoms with Crippen LogP contribution in [0.1, 0.15) is 71.1 Å². The van der Waals surface area contributed by atoms with Gasteiger partial charge in [-0.3, -0.25) is 4.79 Å². The summed E-state index contributed by atoms with van der Waals surface area (Å²) in [6.45, 7) is 2.88. The molecule has 0 aromatic heterocycles. The largest absolute Gasteiger partial charge is 0.378 e. The van der Waals surface area contributed by atoms with Gasteiger partial charge in [0.2, 0.25) is 5.91 Å². The molecular formula is C19H32N2O2. The Balaban J connectivity index is 1.30. The Morgan fingerprint density at radius 2 is 1.87 bits per heavy atom. The molecule has 4 unspecified atom stereocenters. The van der Waals surface area contributed by atoms with E-state index in [-0.39, 0.29) is 5.41 Å². The van der Waals surface area contributed by atoms with Gasteiger partial charge in [-0.25, -0.2) is 0 Å². The summed E-state index contributed by atoms with van der Waals surface area (Å²) in [6.07, 6.45) is 12.2. The highest BCUT2D eigenvalue weighted by Crippen LogP contribution is 2.54. The van der Waals surface area contributed by atoms with Crippen LogP contribution in [-0.4, -0.2) is 36.7 Å². The molecular weight excluding hydrogens is 288 g/mol. The minimum absolute atomic E-state index is 0.263. The van der Waals surface area contributed by atoms with Crippen LogP contribution in [0.3, 0.4) is 0 Å². The number of hydrogen-bond donors (Lipinski definition) is 2. The van der Waals surface area contributed by atoms with E-state index in [2.05, 4.69) is 17.6 Å². The molecule has 4 fully saturated rings. The van der Waals surface area contributed by atoms with Crippen LogP contribution < -0.4 is 10.6 Å². The average molecular weight is 320 g/mol. The molecule has 4 aliphatic rings. The molecule has 1 amide bonds. The zero-order valence-corrected chi connectivity index (χ0v) is 14.5. The molecule has 0 aromatic rings. The van der Waals surface area contributed by atoms with Crippen molar-refractivity contribution in [1.29, 1.82) is 0 Å². The van der Waals surface area contributed by atoms with E-state index in [1.165, 1.54) is 51.4 Å². The first-order valence-electron chi connectivity index (χ1n) is 9.86. The Kier molecular flexibility index (Phi) is 4.39. The highest BCUT2D eigenvalue weighted by molar-refractivity contribution is 5.76. The van der Waals surface area contributed by atoms with Crippen molar-refractivity contribution in [2.45, 2.75) is 95.4 Å². The number of carbonyl (C=O) groups is 1. The molecule has 130 valence electrons. The standard InChI is InChI=1S/C19H32N2O2/c1-2-23-17-12-16(19(17)7-3-4-8-19)21-18(22)11-13-9-14-5-6-15(10-13)20-14/h13-17,20H,2-12H2,1H3,(H,21,22). The zero-order valence-electron chi connectivity index (χ0n) is 14.5. The summed E-state index contributed by atoms with van der Waals surface area (Å²) < 4.78 is 5.95. The molecule has 4 atom stereocenters. The van der Waals surface area contributed by atoms with Gasteiger partial charge in [-0.1, -0.05) is 12.8 Å². The summed E-state index contributed by atoms with van der Waals surface area (Å²) in [6, 6.07) is 1.73. The summed E-state index contributed by atoms with van der Waals surface area (Å²) in [5, 5.41) is 7.06. The van der Waals surface area contributed by atoms with Crippen LogP contribution in [0.5, 0.6) is 0 Å². The van der Waals surface area contributed by atoms with Gasteiger partial charge in [0.1, 0.15) is 0 Å². The molecule has 2 saturated carbocycles. The van der Waals surface area contributed by atoms with Crippen molar-refractivity contribution in [3.05, 3.63) is 0 Å². The minimum atomic E-state index is 0.263. The van der Waals surface area contributed by atoms with E-state index in [0.717, 1.165) is 19.4 Å². The maximum atomic E-state index is 12.6. The van der Waals surface area contributed by atoms with Gasteiger partial charge >= 0.3 is 0 Å². The van der Waals surface area contributed by atoms with Crippen LogP contribution in [-0.2, 0) is 9.53 Å². The van der Waals surface area contributed by atoms with Crippen molar-refractivity contribution in [1.82, 2.24) is 10.6 Å². The summed E-state index contributed by atoms with van der Waals surface area (Å²) in [4.78, 5) is 12.6. The first kappa shape index (κ1) is 15.9. The third-order valence-electron chi connectivity index (χ3n) is 7.07. The number of amides is 1. The first-order chi connectivity index (χ1) is 11.2. The molecule has 4 heteroatoms. The van der Waals surface area contributed by atoms with Crippen molar-refractivity contribution in [2.75, 3.05) is 6.61 Å². The molecule has 2 heterocycles. The van der Waals surface area contributed by atoms with Gasteiger partial charge < -0.3 is 15.4 Å². The van der Waals surface area contributed by atoms with E-state index in [4.69, 9.17) is 4.74 Å². The Labute approximate surface area is 140 Å². The number of hydrogen-bond acceptors (Lipinski definition) is 3. The second-order valence-electron chi connectivity index (χ2n) is 8.42. The Hall–Kier alpha value is -0.610. The predicted octanol–water partition coefficient (Wildman–Crippen LogP) is 2.76. The quantitative estimate of drug-likeness (QED) is 0.819. The summed E-state index contributed by atoms with van der Waals surface area (Å²) >= 11 is 0. The fourth-order valence-corrected chi connectivity index (χ4v) is 5.95. The second kappa shape index (κ2) is 6.36. The Morgan fingerprint density at radius 3 is 2.52 bits per heavy atom. The van der Waals surface area contributed by atoms with Crippen molar-refractivity contribution in [3.63, 3.8) is 0 Å². The third-order valence-corrected chi connectivity index (χ3v) is 7.07. The fraction of sp³-hybridized carbons (Fsp3) is 0.947. The molecule has 0 radical (unpaired) electrons. The van der Waals surface area contributed by atoms with Crippen molar-refractivity contribution in [2.24, 2.45) is 11.3 Å². The van der Waals surface area contributed by atoms with Gasteiger partial charge in [0.25, 0.3) is 0 Å². The molecule has 2 aliphatic heterocycles. The molecule has 4 rings (SSSR count). The zero-order chi connectivity index (χ0) is 15.9. The average Bonchev–Trinajstić information content (AvgIpc) is 3.15. The van der Waals surface area contributed by atoms with Gasteiger partial charge in [0.05, 0.1) is 6.10 Å². The molecule has 2 bridgehead atoms. The van der Waals surface area contributed by atoms with Gasteiger partial charge in [-0.05, 0) is 57.8 Å². The van der Waals surface area contributed by atoms with E-state index in [0.29, 0.717) is 36.1 Å². The Morgan fingerprint density at radius 1 is 1.17 bits per heavy atom. The van der Waals surface area contributed by atoms with Crippen LogP contribution in [0.2, 0.25) is 0 Å². The first-order valence-corrected chi connectivity index (χ1v) is 9.86. The summed E-state index contributed by atoms with van der Waals surface area (Å²) in [5.74, 6) is 0.888. The summed E-state index contributed by atoms with van der Waals surface area (Å²) in [7, 11) is 0. The van der Waals surface area contributed by atoms with Crippen molar-refractivity contribution < 1.29 is 9.53 Å². The van der Waals surface area contributed by atoms with E-state index < -0.39 is 0 Å². The SMILES string of the molecule is CCOC1CC(NC(=O)CC2CC3CCC(C2)N3)C12CCCC2. The van der Waals surface area contributed by atoms with E-state index in [1.807, 2.05) is 0 Å². The minimum Gasteiger partial charge on any atom is -0.378 e. The number of fused-ring (bicyclic) bond motifs is 2. The van der Waals surface area contributed by atoms with Crippen LogP contribution >= 0.6 is 0 Å². The van der Waals surface area contributed by atoms with Gasteiger partial charge in [-0.15, -0.1) is 0 Å². The lowest BCUT2D eigenvalue weighted by atomic mass is 9.60. The Bertz CT molecular complexity index is 435. The van der Waals surface area contributed by atoms with Crippen LogP contribution in [0.4, 0.5) is 0 Å². The van der Waals surface area contributed by atoms with Crippen LogP contribution in [0, 0.1) is 11.3 Å². The summed E-state index contributed by atoms with van der Waals surface area (Å²) in [5.41, 5.74) is 0.263. The number of ether oxygens (including phenoxy) is 1. The lowest BCUT2D eigenvalue weighted by Gasteiger charge is -2.54. The second-order valence-corrected chi connectivity index (χ2v) is 8.42. The molecule has 23 heavy (non-hydrogen) atoms. The van der Waals surface area contributed by atoms with Crippen LogP contribution in [0.25, 0.3) is 0 Å². The molecule has 4 nitrogen and oxygen atoms in total.